The van der Waals surface area contributed by atoms with E-state index >= 15 is 0 Å². The molecule has 0 fully saturated rings. The van der Waals surface area contributed by atoms with Gasteiger partial charge in [-0.15, -0.1) is 0 Å². The molecule has 0 spiro atoms. The molecule has 4 nitrogen and oxygen atoms in total. The first-order valence-electron chi connectivity index (χ1n) is 8.40. The first-order valence-corrected chi connectivity index (χ1v) is 8.40. The van der Waals surface area contributed by atoms with Gasteiger partial charge in [0, 0.05) is 24.7 Å². The van der Waals surface area contributed by atoms with Crippen molar-refractivity contribution in [1.29, 1.82) is 0 Å². The number of hydrogen-bond acceptors (Lipinski definition) is 2. The van der Waals surface area contributed by atoms with Crippen molar-refractivity contribution in [2.24, 2.45) is 0 Å². The third kappa shape index (κ3) is 3.87. The highest BCUT2D eigenvalue weighted by molar-refractivity contribution is 5.85. The van der Waals surface area contributed by atoms with Gasteiger partial charge < -0.3 is 14.2 Å². The number of aryl methyl sites for hydroxylation is 1. The summed E-state index contributed by atoms with van der Waals surface area (Å²) in [5.74, 6) is 0. The van der Waals surface area contributed by atoms with Crippen molar-refractivity contribution in [3.63, 3.8) is 0 Å². The Morgan fingerprint density at radius 2 is 1.87 bits per heavy atom. The molecule has 2 heterocycles. The minimum Gasteiger partial charge on any atom is -0.444 e. The van der Waals surface area contributed by atoms with E-state index in [1.54, 1.807) is 4.90 Å². The monoisotopic (exact) mass is 316 g/mol. The van der Waals surface area contributed by atoms with E-state index in [9.17, 15) is 4.79 Å². The van der Waals surface area contributed by atoms with Crippen LogP contribution in [0.15, 0.2) is 24.4 Å². The Kier molecular flexibility index (Phi) is 5.03. The van der Waals surface area contributed by atoms with E-state index in [1.807, 2.05) is 34.6 Å². The molecule has 0 atom stereocenters. The van der Waals surface area contributed by atoms with Crippen LogP contribution in [0.3, 0.4) is 0 Å². The normalized spacial score (nSPS) is 14.1. The molecule has 0 saturated heterocycles. The van der Waals surface area contributed by atoms with Gasteiger partial charge in [0.2, 0.25) is 0 Å². The summed E-state index contributed by atoms with van der Waals surface area (Å²) in [5.41, 5.74) is 3.20. The fraction of sp³-hybridized carbons (Fsp3) is 0.526. The fourth-order valence-electron chi connectivity index (χ4n) is 2.91. The SMILES string of the molecule is CC.Cc1cc2c3c(ccn3CCN(C(=O)OC(C)(C)C)C2)c1. The Labute approximate surface area is 139 Å². The summed E-state index contributed by atoms with van der Waals surface area (Å²) in [6.07, 6.45) is 1.87. The minimum atomic E-state index is -0.458. The van der Waals surface area contributed by atoms with Crippen LogP contribution in [0, 0.1) is 6.92 Å². The number of ether oxygens (including phenoxy) is 1. The first-order chi connectivity index (χ1) is 10.8. The van der Waals surface area contributed by atoms with Crippen LogP contribution in [-0.4, -0.2) is 27.7 Å². The Hall–Kier alpha value is -1.97. The molecule has 126 valence electrons. The molecule has 1 aliphatic rings. The minimum absolute atomic E-state index is 0.233. The van der Waals surface area contributed by atoms with Gasteiger partial charge in [-0.1, -0.05) is 25.5 Å². The molecular formula is C19H28N2O2. The van der Waals surface area contributed by atoms with E-state index in [-0.39, 0.29) is 6.09 Å². The summed E-state index contributed by atoms with van der Waals surface area (Å²) >= 11 is 0. The smallest absolute Gasteiger partial charge is 0.410 e. The van der Waals surface area contributed by atoms with Gasteiger partial charge in [-0.3, -0.25) is 0 Å². The lowest BCUT2D eigenvalue weighted by Gasteiger charge is -2.26. The average molecular weight is 316 g/mol. The molecule has 0 N–H and O–H groups in total. The van der Waals surface area contributed by atoms with Crippen LogP contribution in [0.1, 0.15) is 45.7 Å². The standard InChI is InChI=1S/C17H22N2O2.C2H6/c1-12-9-13-5-6-18-7-8-19(11-14(10-12)15(13)18)16(20)21-17(2,3)4;1-2/h5-6,9-10H,7-8,11H2,1-4H3;1-2H3. The molecular weight excluding hydrogens is 288 g/mol. The maximum atomic E-state index is 12.3. The van der Waals surface area contributed by atoms with Crippen LogP contribution in [0.4, 0.5) is 4.79 Å². The molecule has 1 aromatic carbocycles. The number of rotatable bonds is 0. The highest BCUT2D eigenvalue weighted by Gasteiger charge is 2.25. The van der Waals surface area contributed by atoms with Crippen molar-refractivity contribution in [1.82, 2.24) is 9.47 Å². The quantitative estimate of drug-likeness (QED) is 0.704. The predicted octanol–water partition coefficient (Wildman–Crippen LogP) is 4.73. The van der Waals surface area contributed by atoms with Crippen molar-refractivity contribution in [2.45, 2.75) is 60.2 Å². The van der Waals surface area contributed by atoms with Gasteiger partial charge in [0.15, 0.2) is 0 Å². The maximum absolute atomic E-state index is 12.3. The number of carbonyl (C=O) groups is 1. The predicted molar refractivity (Wildman–Crippen MR) is 94.7 cm³/mol. The van der Waals surface area contributed by atoms with Crippen molar-refractivity contribution in [2.75, 3.05) is 6.54 Å². The third-order valence-electron chi connectivity index (χ3n) is 3.71. The first kappa shape index (κ1) is 17.4. The van der Waals surface area contributed by atoms with Gasteiger partial charge in [0.1, 0.15) is 5.60 Å². The van der Waals surface area contributed by atoms with E-state index in [2.05, 4.69) is 35.9 Å². The summed E-state index contributed by atoms with van der Waals surface area (Å²) in [6.45, 7) is 13.9. The fourth-order valence-corrected chi connectivity index (χ4v) is 2.91. The van der Waals surface area contributed by atoms with Crippen molar-refractivity contribution >= 4 is 17.0 Å². The van der Waals surface area contributed by atoms with Gasteiger partial charge in [-0.2, -0.15) is 0 Å². The Balaban J connectivity index is 0.000000924. The Bertz CT molecular complexity index is 695. The molecule has 1 aliphatic heterocycles. The summed E-state index contributed by atoms with van der Waals surface area (Å²) in [4.78, 5) is 14.1. The summed E-state index contributed by atoms with van der Waals surface area (Å²) in [6, 6.07) is 6.51. The Morgan fingerprint density at radius 1 is 1.17 bits per heavy atom. The highest BCUT2D eigenvalue weighted by Crippen LogP contribution is 2.26. The second kappa shape index (κ2) is 6.65. The van der Waals surface area contributed by atoms with E-state index in [0.29, 0.717) is 13.1 Å². The lowest BCUT2D eigenvalue weighted by Crippen LogP contribution is -2.37. The van der Waals surface area contributed by atoms with Gasteiger partial charge in [-0.05, 0) is 45.4 Å². The van der Waals surface area contributed by atoms with Crippen LogP contribution < -0.4 is 0 Å². The van der Waals surface area contributed by atoms with Crippen LogP contribution in [-0.2, 0) is 17.8 Å². The lowest BCUT2D eigenvalue weighted by atomic mass is 10.1. The Morgan fingerprint density at radius 3 is 2.52 bits per heavy atom. The molecule has 23 heavy (non-hydrogen) atoms. The largest absolute Gasteiger partial charge is 0.444 e. The lowest BCUT2D eigenvalue weighted by molar-refractivity contribution is 0.0233. The number of benzene rings is 1. The molecule has 1 aromatic heterocycles. The molecule has 0 radical (unpaired) electrons. The number of hydrogen-bond donors (Lipinski definition) is 0. The van der Waals surface area contributed by atoms with E-state index < -0.39 is 5.60 Å². The van der Waals surface area contributed by atoms with Crippen LogP contribution in [0.2, 0.25) is 0 Å². The highest BCUT2D eigenvalue weighted by atomic mass is 16.6. The van der Waals surface area contributed by atoms with E-state index in [1.165, 1.54) is 22.0 Å². The third-order valence-corrected chi connectivity index (χ3v) is 3.71. The van der Waals surface area contributed by atoms with E-state index in [0.717, 1.165) is 6.54 Å². The topological polar surface area (TPSA) is 34.5 Å². The summed E-state index contributed by atoms with van der Waals surface area (Å²) < 4.78 is 7.74. The second-order valence-corrected chi connectivity index (χ2v) is 6.77. The number of nitrogens with zero attached hydrogens (tertiary/aromatic N) is 2. The van der Waals surface area contributed by atoms with Gasteiger partial charge in [0.05, 0.1) is 12.1 Å². The van der Waals surface area contributed by atoms with Crippen LogP contribution in [0.25, 0.3) is 10.9 Å². The molecule has 0 saturated carbocycles. The van der Waals surface area contributed by atoms with Gasteiger partial charge in [-0.25, -0.2) is 4.79 Å². The number of amides is 1. The van der Waals surface area contributed by atoms with Crippen molar-refractivity contribution in [3.8, 4) is 0 Å². The molecule has 4 heteroatoms. The molecule has 3 rings (SSSR count). The summed E-state index contributed by atoms with van der Waals surface area (Å²) in [7, 11) is 0. The molecule has 0 unspecified atom stereocenters. The maximum Gasteiger partial charge on any atom is 0.410 e. The zero-order valence-electron chi connectivity index (χ0n) is 15.1. The number of carbonyl (C=O) groups excluding carboxylic acids is 1. The molecule has 0 aliphatic carbocycles. The van der Waals surface area contributed by atoms with E-state index in [4.69, 9.17) is 4.74 Å². The zero-order valence-corrected chi connectivity index (χ0v) is 15.1. The van der Waals surface area contributed by atoms with Crippen molar-refractivity contribution in [3.05, 3.63) is 35.5 Å². The molecule has 0 bridgehead atoms. The average Bonchev–Trinajstić information content (AvgIpc) is 2.76. The van der Waals surface area contributed by atoms with Crippen LogP contribution in [0.5, 0.6) is 0 Å². The molecule has 2 aromatic rings. The zero-order chi connectivity index (χ0) is 17.2. The number of aromatic nitrogens is 1. The van der Waals surface area contributed by atoms with Gasteiger partial charge >= 0.3 is 6.09 Å². The van der Waals surface area contributed by atoms with Gasteiger partial charge in [0.25, 0.3) is 0 Å². The second-order valence-electron chi connectivity index (χ2n) is 6.77. The summed E-state index contributed by atoms with van der Waals surface area (Å²) in [5, 5.41) is 1.25. The molecule has 1 amide bonds. The van der Waals surface area contributed by atoms with Crippen molar-refractivity contribution < 1.29 is 9.53 Å². The van der Waals surface area contributed by atoms with Crippen LogP contribution >= 0.6 is 0 Å².